The zero-order chi connectivity index (χ0) is 18.0. The molecule has 1 aromatic heterocycles. The summed E-state index contributed by atoms with van der Waals surface area (Å²) in [6.45, 7) is 4.22. The second kappa shape index (κ2) is 7.25. The Bertz CT molecular complexity index is 950. The van der Waals surface area contributed by atoms with Crippen molar-refractivity contribution in [3.63, 3.8) is 0 Å². The largest absolute Gasteiger partial charge is 0.545 e. The highest BCUT2D eigenvalue weighted by Crippen LogP contribution is 2.33. The summed E-state index contributed by atoms with van der Waals surface area (Å²) < 4.78 is 1.95. The summed E-state index contributed by atoms with van der Waals surface area (Å²) in [5, 5.41) is 14.3. The molecule has 0 saturated heterocycles. The second-order valence-electron chi connectivity index (χ2n) is 5.62. The van der Waals surface area contributed by atoms with Crippen LogP contribution in [0.2, 0.25) is 0 Å². The molecule has 1 heterocycles. The molecule has 0 saturated carbocycles. The van der Waals surface area contributed by atoms with Crippen molar-refractivity contribution in [1.29, 1.82) is 0 Å². The van der Waals surface area contributed by atoms with E-state index in [1.54, 1.807) is 41.3 Å². The lowest BCUT2D eigenvalue weighted by molar-refractivity contribution is -0.255. The molecule has 7 heteroatoms. The van der Waals surface area contributed by atoms with Crippen LogP contribution in [0.15, 0.2) is 46.8 Å². The third-order valence-corrected chi connectivity index (χ3v) is 5.47. The van der Waals surface area contributed by atoms with E-state index in [9.17, 15) is 14.7 Å². The quantitative estimate of drug-likeness (QED) is 0.695. The summed E-state index contributed by atoms with van der Waals surface area (Å²) in [6, 6.07) is 11.4. The SMILES string of the molecule is CC(C)Sc1nc2ccc(NC(=O)c3ccccc3C(=O)[O-])cc2s1. The number of hydrogen-bond donors (Lipinski definition) is 1. The lowest BCUT2D eigenvalue weighted by Gasteiger charge is -2.10. The number of carbonyl (C=O) groups excluding carboxylic acids is 2. The molecule has 1 N–H and O–H groups in total. The number of nitrogens with one attached hydrogen (secondary N) is 1. The summed E-state index contributed by atoms with van der Waals surface area (Å²) in [4.78, 5) is 28.1. The first-order chi connectivity index (χ1) is 11.9. The number of benzene rings is 2. The molecule has 0 aliphatic heterocycles. The molecule has 0 aliphatic rings. The van der Waals surface area contributed by atoms with Gasteiger partial charge in [-0.3, -0.25) is 4.79 Å². The first kappa shape index (κ1) is 17.4. The van der Waals surface area contributed by atoms with Crippen molar-refractivity contribution in [2.75, 3.05) is 5.32 Å². The van der Waals surface area contributed by atoms with E-state index in [4.69, 9.17) is 0 Å². The summed E-state index contributed by atoms with van der Waals surface area (Å²) >= 11 is 3.26. The maximum atomic E-state index is 12.4. The molecule has 5 nitrogen and oxygen atoms in total. The smallest absolute Gasteiger partial charge is 0.256 e. The number of carboxylic acids is 1. The third kappa shape index (κ3) is 4.00. The van der Waals surface area contributed by atoms with Crippen LogP contribution in [-0.4, -0.2) is 22.1 Å². The first-order valence-corrected chi connectivity index (χ1v) is 9.32. The topological polar surface area (TPSA) is 82.1 Å². The van der Waals surface area contributed by atoms with Crippen molar-refractivity contribution in [3.8, 4) is 0 Å². The Labute approximate surface area is 153 Å². The van der Waals surface area contributed by atoms with Gasteiger partial charge in [0, 0.05) is 22.1 Å². The van der Waals surface area contributed by atoms with Crippen molar-refractivity contribution in [2.45, 2.75) is 23.4 Å². The van der Waals surface area contributed by atoms with Gasteiger partial charge >= 0.3 is 0 Å². The van der Waals surface area contributed by atoms with Crippen LogP contribution < -0.4 is 10.4 Å². The Morgan fingerprint density at radius 3 is 2.56 bits per heavy atom. The lowest BCUT2D eigenvalue weighted by atomic mass is 10.1. The Kier molecular flexibility index (Phi) is 5.06. The van der Waals surface area contributed by atoms with E-state index < -0.39 is 11.9 Å². The van der Waals surface area contributed by atoms with Crippen molar-refractivity contribution in [2.24, 2.45) is 0 Å². The number of amides is 1. The van der Waals surface area contributed by atoms with Crippen molar-refractivity contribution >= 4 is 50.9 Å². The van der Waals surface area contributed by atoms with E-state index in [1.807, 2.05) is 12.1 Å². The van der Waals surface area contributed by atoms with Crippen molar-refractivity contribution < 1.29 is 14.7 Å². The molecule has 2 aromatic carbocycles. The van der Waals surface area contributed by atoms with Crippen LogP contribution in [0.25, 0.3) is 10.2 Å². The minimum Gasteiger partial charge on any atom is -0.545 e. The number of fused-ring (bicyclic) bond motifs is 1. The maximum absolute atomic E-state index is 12.4. The molecule has 0 unspecified atom stereocenters. The van der Waals surface area contributed by atoms with Gasteiger partial charge in [0.1, 0.15) is 0 Å². The number of aromatic carboxylic acids is 1. The molecule has 3 aromatic rings. The van der Waals surface area contributed by atoms with Gasteiger partial charge in [0.05, 0.1) is 16.2 Å². The monoisotopic (exact) mass is 371 g/mol. The standard InChI is InChI=1S/C18H16N2O3S2/c1-10(2)24-18-20-14-8-7-11(9-15(14)25-18)19-16(21)12-5-3-4-6-13(12)17(22)23/h3-10H,1-2H3,(H,19,21)(H,22,23)/p-1. The van der Waals surface area contributed by atoms with Crippen LogP contribution in [-0.2, 0) is 0 Å². The highest BCUT2D eigenvalue weighted by atomic mass is 32.2. The van der Waals surface area contributed by atoms with Gasteiger partial charge in [0.15, 0.2) is 4.34 Å². The van der Waals surface area contributed by atoms with E-state index in [0.717, 1.165) is 14.6 Å². The van der Waals surface area contributed by atoms with Gasteiger partial charge in [-0.15, -0.1) is 11.3 Å². The highest BCUT2D eigenvalue weighted by Gasteiger charge is 2.13. The zero-order valence-corrected chi connectivity index (χ0v) is 15.2. The van der Waals surface area contributed by atoms with Gasteiger partial charge in [-0.05, 0) is 24.3 Å². The van der Waals surface area contributed by atoms with Crippen LogP contribution >= 0.6 is 23.1 Å². The Hall–Kier alpha value is -2.38. The molecule has 0 fully saturated rings. The normalized spacial score (nSPS) is 11.0. The molecule has 0 spiro atoms. The molecule has 0 aliphatic carbocycles. The third-order valence-electron chi connectivity index (χ3n) is 3.35. The fourth-order valence-corrected chi connectivity index (χ4v) is 4.62. The summed E-state index contributed by atoms with van der Waals surface area (Å²) in [5.41, 5.74) is 1.41. The predicted octanol–water partition coefficient (Wildman–Crippen LogP) is 3.41. The molecule has 0 radical (unpaired) electrons. The van der Waals surface area contributed by atoms with E-state index in [-0.39, 0.29) is 11.1 Å². The van der Waals surface area contributed by atoms with Gasteiger partial charge in [-0.1, -0.05) is 43.8 Å². The van der Waals surface area contributed by atoms with Gasteiger partial charge in [0.25, 0.3) is 5.91 Å². The fourth-order valence-electron chi connectivity index (χ4n) is 2.29. The number of hydrogen-bond acceptors (Lipinski definition) is 6. The van der Waals surface area contributed by atoms with Crippen LogP contribution in [0.5, 0.6) is 0 Å². The van der Waals surface area contributed by atoms with Crippen LogP contribution in [0.3, 0.4) is 0 Å². The molecule has 25 heavy (non-hydrogen) atoms. The predicted molar refractivity (Wildman–Crippen MR) is 99.3 cm³/mol. The Morgan fingerprint density at radius 1 is 1.16 bits per heavy atom. The zero-order valence-electron chi connectivity index (χ0n) is 13.6. The summed E-state index contributed by atoms with van der Waals surface area (Å²) in [6.07, 6.45) is 0. The number of carbonyl (C=O) groups is 2. The van der Waals surface area contributed by atoms with E-state index in [2.05, 4.69) is 24.1 Å². The van der Waals surface area contributed by atoms with Gasteiger partial charge in [-0.2, -0.15) is 0 Å². The molecule has 128 valence electrons. The molecule has 3 rings (SSSR count). The van der Waals surface area contributed by atoms with E-state index in [1.165, 1.54) is 12.1 Å². The first-order valence-electron chi connectivity index (χ1n) is 7.63. The van der Waals surface area contributed by atoms with Gasteiger partial charge in [0.2, 0.25) is 0 Å². The number of thioether (sulfide) groups is 1. The number of anilines is 1. The van der Waals surface area contributed by atoms with Crippen molar-refractivity contribution in [3.05, 3.63) is 53.6 Å². The number of nitrogens with zero attached hydrogens (tertiary/aromatic N) is 1. The summed E-state index contributed by atoms with van der Waals surface area (Å²) in [5.74, 6) is -1.86. The highest BCUT2D eigenvalue weighted by molar-refractivity contribution is 8.01. The second-order valence-corrected chi connectivity index (χ2v) is 8.47. The number of aromatic nitrogens is 1. The summed E-state index contributed by atoms with van der Waals surface area (Å²) in [7, 11) is 0. The minimum absolute atomic E-state index is 0.0722. The number of rotatable bonds is 5. The van der Waals surface area contributed by atoms with Crippen molar-refractivity contribution in [1.82, 2.24) is 4.98 Å². The van der Waals surface area contributed by atoms with E-state index >= 15 is 0 Å². The average Bonchev–Trinajstić information content (AvgIpc) is 2.95. The van der Waals surface area contributed by atoms with Gasteiger partial charge in [-0.25, -0.2) is 4.98 Å². The minimum atomic E-state index is -1.38. The van der Waals surface area contributed by atoms with E-state index in [0.29, 0.717) is 10.9 Å². The molecular weight excluding hydrogens is 356 g/mol. The Morgan fingerprint density at radius 2 is 1.88 bits per heavy atom. The maximum Gasteiger partial charge on any atom is 0.256 e. The number of carboxylic acid groups (broad SMARTS) is 1. The fraction of sp³-hybridized carbons (Fsp3) is 0.167. The number of thiazole rings is 1. The molecular formula is C18H15N2O3S2-. The lowest BCUT2D eigenvalue weighted by Crippen LogP contribution is -2.26. The van der Waals surface area contributed by atoms with Gasteiger partial charge < -0.3 is 15.2 Å². The van der Waals surface area contributed by atoms with Crippen LogP contribution in [0.1, 0.15) is 34.6 Å². The molecule has 0 atom stereocenters. The molecule has 0 bridgehead atoms. The average molecular weight is 371 g/mol. The Balaban J connectivity index is 1.85. The van der Waals surface area contributed by atoms with Crippen LogP contribution in [0, 0.1) is 0 Å². The van der Waals surface area contributed by atoms with Crippen LogP contribution in [0.4, 0.5) is 5.69 Å². The molecule has 1 amide bonds.